The average molecular weight is 324 g/mol. The lowest BCUT2D eigenvalue weighted by atomic mass is 10.2. The minimum Gasteiger partial charge on any atom is -0.383 e. The second kappa shape index (κ2) is 6.21. The van der Waals surface area contributed by atoms with E-state index in [1.54, 1.807) is 7.11 Å². The van der Waals surface area contributed by atoms with Gasteiger partial charge in [0.2, 0.25) is 5.95 Å². The molecule has 0 radical (unpaired) electrons. The smallest absolute Gasteiger partial charge is 0.207 e. The maximum absolute atomic E-state index is 5.05. The first-order chi connectivity index (χ1) is 9.10. The van der Waals surface area contributed by atoms with Crippen LogP contribution in [0.2, 0.25) is 0 Å². The lowest BCUT2D eigenvalue weighted by Gasteiger charge is -2.10. The Labute approximate surface area is 121 Å². The van der Waals surface area contributed by atoms with Crippen molar-refractivity contribution in [2.75, 3.05) is 25.6 Å². The molecule has 1 aromatic carbocycles. The minimum absolute atomic E-state index is 0.656. The summed E-state index contributed by atoms with van der Waals surface area (Å²) < 4.78 is 8.17. The fourth-order valence-corrected chi connectivity index (χ4v) is 2.54. The van der Waals surface area contributed by atoms with E-state index in [0.29, 0.717) is 6.61 Å². The van der Waals surface area contributed by atoms with Crippen molar-refractivity contribution in [2.24, 2.45) is 0 Å². The van der Waals surface area contributed by atoms with Gasteiger partial charge in [-0.05, 0) is 37.6 Å². The van der Waals surface area contributed by atoms with Gasteiger partial charge in [-0.15, -0.1) is 0 Å². The highest BCUT2D eigenvalue weighted by molar-refractivity contribution is 9.10. The molecule has 0 amide bonds. The van der Waals surface area contributed by atoms with Gasteiger partial charge in [-0.25, -0.2) is 4.98 Å². The van der Waals surface area contributed by atoms with E-state index < -0.39 is 0 Å². The Balaban J connectivity index is 2.32. The van der Waals surface area contributed by atoms with E-state index in [1.165, 1.54) is 5.56 Å². The number of ether oxygens (including phenoxy) is 1. The van der Waals surface area contributed by atoms with Crippen molar-refractivity contribution in [3.63, 3.8) is 0 Å². The molecule has 0 saturated heterocycles. The van der Waals surface area contributed by atoms with Gasteiger partial charge in [0.15, 0.2) is 0 Å². The predicted molar refractivity (Wildman–Crippen MR) is 81.1 cm³/mol. The van der Waals surface area contributed by atoms with Gasteiger partial charge in [-0.2, -0.15) is 0 Å². The van der Waals surface area contributed by atoms with E-state index in [9.17, 15) is 0 Å². The van der Waals surface area contributed by atoms with Crippen LogP contribution in [0, 0.1) is 13.8 Å². The summed E-state index contributed by atoms with van der Waals surface area (Å²) in [7, 11) is 1.69. The highest BCUT2D eigenvalue weighted by Gasteiger charge is 2.08. The number of anilines is 1. The van der Waals surface area contributed by atoms with E-state index in [-0.39, 0.29) is 0 Å². The number of aryl methyl sites for hydroxylation is 2. The predicted octanol–water partition coefficient (Wildman–Crippen LogP) is 3.31. The molecule has 0 aliphatic heterocycles. The molecule has 0 saturated carbocycles. The van der Waals surface area contributed by atoms with Gasteiger partial charge in [-0.1, -0.05) is 15.9 Å². The molecule has 0 unspecified atom stereocenters. The van der Waals surface area contributed by atoms with Crippen molar-refractivity contribution in [3.05, 3.63) is 40.1 Å². The molecule has 2 aromatic rings. The maximum atomic E-state index is 5.05. The van der Waals surface area contributed by atoms with Crippen molar-refractivity contribution in [1.29, 1.82) is 0 Å². The van der Waals surface area contributed by atoms with Crippen LogP contribution in [0.3, 0.4) is 0 Å². The fourth-order valence-electron chi connectivity index (χ4n) is 1.94. The number of hydrogen-bond donors (Lipinski definition) is 1. The fraction of sp³-hybridized carbons (Fsp3) is 0.357. The van der Waals surface area contributed by atoms with E-state index >= 15 is 0 Å². The SMILES string of the molecule is COCCNc1nc(C)cn1-c1cc(C)cc(Br)c1. The molecule has 19 heavy (non-hydrogen) atoms. The summed E-state index contributed by atoms with van der Waals surface area (Å²) in [5.41, 5.74) is 3.28. The van der Waals surface area contributed by atoms with Gasteiger partial charge >= 0.3 is 0 Å². The summed E-state index contributed by atoms with van der Waals surface area (Å²) in [6.45, 7) is 5.46. The standard InChI is InChI=1S/C14H18BrN3O/c1-10-6-12(15)8-13(7-10)18-9-11(2)17-14(18)16-4-5-19-3/h6-9H,4-5H2,1-3H3,(H,16,17). The Morgan fingerprint density at radius 1 is 1.32 bits per heavy atom. The molecule has 0 atom stereocenters. The molecule has 102 valence electrons. The highest BCUT2D eigenvalue weighted by atomic mass is 79.9. The van der Waals surface area contributed by atoms with Crippen LogP contribution in [0.5, 0.6) is 0 Å². The molecule has 0 aliphatic rings. The topological polar surface area (TPSA) is 39.1 Å². The summed E-state index contributed by atoms with van der Waals surface area (Å²) in [6, 6.07) is 6.30. The third-order valence-electron chi connectivity index (χ3n) is 2.72. The molecule has 5 heteroatoms. The summed E-state index contributed by atoms with van der Waals surface area (Å²) in [4.78, 5) is 4.50. The number of benzene rings is 1. The Bertz CT molecular complexity index is 546. The number of hydrogen-bond acceptors (Lipinski definition) is 3. The average Bonchev–Trinajstić information content (AvgIpc) is 2.70. The Kier molecular flexibility index (Phi) is 4.61. The first-order valence-electron chi connectivity index (χ1n) is 6.16. The van der Waals surface area contributed by atoms with E-state index in [1.807, 2.05) is 13.1 Å². The van der Waals surface area contributed by atoms with E-state index in [4.69, 9.17) is 4.74 Å². The number of imidazole rings is 1. The summed E-state index contributed by atoms with van der Waals surface area (Å²) >= 11 is 3.53. The lowest BCUT2D eigenvalue weighted by molar-refractivity contribution is 0.210. The van der Waals surface area contributed by atoms with Crippen LogP contribution in [0.15, 0.2) is 28.9 Å². The van der Waals surface area contributed by atoms with Crippen LogP contribution in [-0.2, 0) is 4.74 Å². The normalized spacial score (nSPS) is 10.7. The van der Waals surface area contributed by atoms with Crippen LogP contribution in [0.25, 0.3) is 5.69 Å². The lowest BCUT2D eigenvalue weighted by Crippen LogP contribution is -2.11. The monoisotopic (exact) mass is 323 g/mol. The van der Waals surface area contributed by atoms with Gasteiger partial charge in [0.25, 0.3) is 0 Å². The maximum Gasteiger partial charge on any atom is 0.207 e. The number of nitrogens with one attached hydrogen (secondary N) is 1. The minimum atomic E-state index is 0.656. The molecule has 2 rings (SSSR count). The van der Waals surface area contributed by atoms with E-state index in [2.05, 4.69) is 55.9 Å². The van der Waals surface area contributed by atoms with Crippen molar-refractivity contribution >= 4 is 21.9 Å². The Hall–Kier alpha value is -1.33. The van der Waals surface area contributed by atoms with Gasteiger partial charge in [0, 0.05) is 30.0 Å². The van der Waals surface area contributed by atoms with E-state index in [0.717, 1.165) is 28.3 Å². The van der Waals surface area contributed by atoms with Crippen LogP contribution in [-0.4, -0.2) is 29.8 Å². The molecule has 1 heterocycles. The van der Waals surface area contributed by atoms with Crippen LogP contribution >= 0.6 is 15.9 Å². The van der Waals surface area contributed by atoms with Crippen molar-refractivity contribution in [3.8, 4) is 5.69 Å². The summed E-state index contributed by atoms with van der Waals surface area (Å²) in [5, 5.41) is 3.28. The largest absolute Gasteiger partial charge is 0.383 e. The third-order valence-corrected chi connectivity index (χ3v) is 3.18. The Morgan fingerprint density at radius 3 is 2.79 bits per heavy atom. The third kappa shape index (κ3) is 3.58. The second-order valence-corrected chi connectivity index (χ2v) is 5.40. The second-order valence-electron chi connectivity index (χ2n) is 4.48. The summed E-state index contributed by atoms with van der Waals surface area (Å²) in [6.07, 6.45) is 2.02. The van der Waals surface area contributed by atoms with Crippen LogP contribution < -0.4 is 5.32 Å². The van der Waals surface area contributed by atoms with Crippen LogP contribution in [0.1, 0.15) is 11.3 Å². The molecule has 0 fully saturated rings. The Morgan fingerprint density at radius 2 is 2.11 bits per heavy atom. The number of nitrogens with zero attached hydrogens (tertiary/aromatic N) is 2. The van der Waals surface area contributed by atoms with Crippen molar-refractivity contribution < 1.29 is 4.74 Å². The zero-order valence-electron chi connectivity index (χ0n) is 11.4. The van der Waals surface area contributed by atoms with Gasteiger partial charge in [0.05, 0.1) is 12.3 Å². The molecule has 0 bridgehead atoms. The number of halogens is 1. The zero-order chi connectivity index (χ0) is 13.8. The molecule has 1 aromatic heterocycles. The molecular formula is C14H18BrN3O. The first-order valence-corrected chi connectivity index (χ1v) is 6.96. The van der Waals surface area contributed by atoms with Crippen LogP contribution in [0.4, 0.5) is 5.95 Å². The number of aromatic nitrogens is 2. The molecule has 1 N–H and O–H groups in total. The number of rotatable bonds is 5. The quantitative estimate of drug-likeness (QED) is 0.858. The molecule has 4 nitrogen and oxygen atoms in total. The molecule has 0 aliphatic carbocycles. The first kappa shape index (κ1) is 14.1. The molecular weight excluding hydrogens is 306 g/mol. The number of methoxy groups -OCH3 is 1. The van der Waals surface area contributed by atoms with Crippen molar-refractivity contribution in [2.45, 2.75) is 13.8 Å². The van der Waals surface area contributed by atoms with Gasteiger partial charge < -0.3 is 10.1 Å². The summed E-state index contributed by atoms with van der Waals surface area (Å²) in [5.74, 6) is 0.840. The zero-order valence-corrected chi connectivity index (χ0v) is 13.0. The van der Waals surface area contributed by atoms with Crippen molar-refractivity contribution in [1.82, 2.24) is 9.55 Å². The highest BCUT2D eigenvalue weighted by Crippen LogP contribution is 2.22. The van der Waals surface area contributed by atoms with Gasteiger partial charge in [0.1, 0.15) is 0 Å². The van der Waals surface area contributed by atoms with Gasteiger partial charge in [-0.3, -0.25) is 4.57 Å². The molecule has 0 spiro atoms.